The summed E-state index contributed by atoms with van der Waals surface area (Å²) in [5, 5.41) is 6.29. The van der Waals surface area contributed by atoms with E-state index in [4.69, 9.17) is 0 Å². The highest BCUT2D eigenvalue weighted by molar-refractivity contribution is 7.99. The largest absolute Gasteiger partial charge is 0.354 e. The molecule has 0 aromatic heterocycles. The number of hydrogen-bond donors (Lipinski definition) is 2. The average Bonchev–Trinajstić information content (AvgIpc) is 2.46. The van der Waals surface area contributed by atoms with Crippen LogP contribution in [0.15, 0.2) is 30.3 Å². The first kappa shape index (κ1) is 13.4. The topological polar surface area (TPSA) is 41.1 Å². The molecule has 1 amide bonds. The molecule has 1 aromatic rings. The molecule has 1 fully saturated rings. The Morgan fingerprint density at radius 1 is 1.50 bits per heavy atom. The number of hydrogen-bond acceptors (Lipinski definition) is 3. The van der Waals surface area contributed by atoms with Crippen molar-refractivity contribution in [3.8, 4) is 0 Å². The third-order valence-electron chi connectivity index (χ3n) is 3.19. The molecule has 2 atom stereocenters. The molecule has 0 bridgehead atoms. The van der Waals surface area contributed by atoms with E-state index in [1.165, 1.54) is 5.56 Å². The van der Waals surface area contributed by atoms with E-state index in [1.807, 2.05) is 30.0 Å². The lowest BCUT2D eigenvalue weighted by atomic mass is 10.0. The van der Waals surface area contributed by atoms with Crippen molar-refractivity contribution in [3.63, 3.8) is 0 Å². The molecular weight excluding hydrogens is 244 g/mol. The van der Waals surface area contributed by atoms with Crippen LogP contribution in [-0.4, -0.2) is 36.5 Å². The smallest absolute Gasteiger partial charge is 0.238 e. The second-order valence-corrected chi connectivity index (χ2v) is 5.79. The highest BCUT2D eigenvalue weighted by Gasteiger charge is 2.20. The Kier molecular flexibility index (Phi) is 5.08. The van der Waals surface area contributed by atoms with Crippen LogP contribution in [0.25, 0.3) is 0 Å². The fraction of sp³-hybridized carbons (Fsp3) is 0.500. The highest BCUT2D eigenvalue weighted by Crippen LogP contribution is 2.13. The van der Waals surface area contributed by atoms with Crippen molar-refractivity contribution in [1.29, 1.82) is 0 Å². The Bertz CT molecular complexity index is 377. The van der Waals surface area contributed by atoms with Gasteiger partial charge in [0.1, 0.15) is 0 Å². The van der Waals surface area contributed by atoms with Crippen molar-refractivity contribution in [3.05, 3.63) is 35.9 Å². The van der Waals surface area contributed by atoms with Crippen molar-refractivity contribution in [2.45, 2.75) is 18.9 Å². The van der Waals surface area contributed by atoms with Gasteiger partial charge < -0.3 is 10.6 Å². The van der Waals surface area contributed by atoms with Crippen LogP contribution < -0.4 is 10.6 Å². The Morgan fingerprint density at radius 2 is 2.28 bits per heavy atom. The fourth-order valence-corrected chi connectivity index (χ4v) is 2.94. The van der Waals surface area contributed by atoms with Gasteiger partial charge in [-0.1, -0.05) is 37.3 Å². The molecule has 0 saturated carbocycles. The summed E-state index contributed by atoms with van der Waals surface area (Å²) in [6.07, 6.45) is 0. The first-order valence-corrected chi connectivity index (χ1v) is 7.56. The maximum Gasteiger partial charge on any atom is 0.238 e. The lowest BCUT2D eigenvalue weighted by Gasteiger charge is -2.23. The molecule has 1 heterocycles. The van der Waals surface area contributed by atoms with Crippen molar-refractivity contribution < 1.29 is 4.79 Å². The monoisotopic (exact) mass is 264 g/mol. The molecular formula is C14H20N2OS. The highest BCUT2D eigenvalue weighted by atomic mass is 32.2. The van der Waals surface area contributed by atoms with Crippen molar-refractivity contribution in [2.75, 3.05) is 24.6 Å². The molecule has 0 spiro atoms. The fourth-order valence-electron chi connectivity index (χ4n) is 2.01. The standard InChI is InChI=1S/C14H20N2OS/c1-11(12-5-3-2-4-6-12)9-16-14(17)13-10-18-8-7-15-13/h2-6,11,13,15H,7-10H2,1H3,(H,16,17). The zero-order valence-corrected chi connectivity index (χ0v) is 11.5. The van der Waals surface area contributed by atoms with Gasteiger partial charge in [-0.05, 0) is 11.5 Å². The number of nitrogens with one attached hydrogen (secondary N) is 2. The molecule has 98 valence electrons. The maximum absolute atomic E-state index is 11.9. The van der Waals surface area contributed by atoms with Gasteiger partial charge in [0.15, 0.2) is 0 Å². The predicted molar refractivity (Wildman–Crippen MR) is 77.0 cm³/mol. The number of carbonyl (C=O) groups excluding carboxylic acids is 1. The van der Waals surface area contributed by atoms with E-state index < -0.39 is 0 Å². The lowest BCUT2D eigenvalue weighted by Crippen LogP contribution is -2.49. The second-order valence-electron chi connectivity index (χ2n) is 4.64. The van der Waals surface area contributed by atoms with E-state index >= 15 is 0 Å². The van der Waals surface area contributed by atoms with Gasteiger partial charge in [0.25, 0.3) is 0 Å². The normalized spacial score (nSPS) is 21.3. The Hall–Kier alpha value is -1.00. The van der Waals surface area contributed by atoms with E-state index in [0.29, 0.717) is 12.5 Å². The van der Waals surface area contributed by atoms with Gasteiger partial charge in [-0.15, -0.1) is 0 Å². The van der Waals surface area contributed by atoms with E-state index in [2.05, 4.69) is 29.7 Å². The van der Waals surface area contributed by atoms with E-state index in [9.17, 15) is 4.79 Å². The Balaban J connectivity index is 1.78. The summed E-state index contributed by atoms with van der Waals surface area (Å²) in [4.78, 5) is 11.9. The van der Waals surface area contributed by atoms with Gasteiger partial charge in [0.2, 0.25) is 5.91 Å². The minimum atomic E-state index is -0.0216. The third kappa shape index (κ3) is 3.75. The molecule has 1 aliphatic rings. The van der Waals surface area contributed by atoms with Gasteiger partial charge in [0, 0.05) is 24.6 Å². The van der Waals surface area contributed by atoms with Crippen LogP contribution in [0.5, 0.6) is 0 Å². The van der Waals surface area contributed by atoms with Crippen molar-refractivity contribution in [1.82, 2.24) is 10.6 Å². The number of amides is 1. The molecule has 1 saturated heterocycles. The SMILES string of the molecule is CC(CNC(=O)C1CSCCN1)c1ccccc1. The molecule has 0 aliphatic carbocycles. The molecule has 18 heavy (non-hydrogen) atoms. The van der Waals surface area contributed by atoms with Crippen LogP contribution >= 0.6 is 11.8 Å². The zero-order chi connectivity index (χ0) is 12.8. The number of rotatable bonds is 4. The van der Waals surface area contributed by atoms with Crippen LogP contribution in [0.2, 0.25) is 0 Å². The van der Waals surface area contributed by atoms with Crippen LogP contribution in [0.4, 0.5) is 0 Å². The minimum absolute atomic E-state index is 0.0216. The van der Waals surface area contributed by atoms with Crippen molar-refractivity contribution in [2.24, 2.45) is 0 Å². The molecule has 1 aromatic carbocycles. The van der Waals surface area contributed by atoms with E-state index in [1.54, 1.807) is 0 Å². The van der Waals surface area contributed by atoms with Crippen molar-refractivity contribution >= 4 is 17.7 Å². The molecule has 2 rings (SSSR count). The van der Waals surface area contributed by atoms with Crippen LogP contribution in [0.1, 0.15) is 18.4 Å². The molecule has 2 unspecified atom stereocenters. The van der Waals surface area contributed by atoms with Gasteiger partial charge in [-0.2, -0.15) is 11.8 Å². The number of benzene rings is 1. The van der Waals surface area contributed by atoms with E-state index in [-0.39, 0.29) is 11.9 Å². The zero-order valence-electron chi connectivity index (χ0n) is 10.7. The van der Waals surface area contributed by atoms with Crippen LogP contribution in [-0.2, 0) is 4.79 Å². The summed E-state index contributed by atoms with van der Waals surface area (Å²) >= 11 is 1.84. The molecule has 3 nitrogen and oxygen atoms in total. The summed E-state index contributed by atoms with van der Waals surface area (Å²) in [5.41, 5.74) is 1.27. The van der Waals surface area contributed by atoms with Gasteiger partial charge >= 0.3 is 0 Å². The summed E-state index contributed by atoms with van der Waals surface area (Å²) in [6.45, 7) is 3.77. The lowest BCUT2D eigenvalue weighted by molar-refractivity contribution is -0.122. The Morgan fingerprint density at radius 3 is 2.94 bits per heavy atom. The summed E-state index contributed by atoms with van der Waals surface area (Å²) in [6, 6.07) is 10.3. The summed E-state index contributed by atoms with van der Waals surface area (Å²) in [7, 11) is 0. The molecule has 4 heteroatoms. The third-order valence-corrected chi connectivity index (χ3v) is 4.25. The van der Waals surface area contributed by atoms with Gasteiger partial charge in [0.05, 0.1) is 6.04 Å². The molecule has 2 N–H and O–H groups in total. The summed E-state index contributed by atoms with van der Waals surface area (Å²) in [5.74, 6) is 2.46. The van der Waals surface area contributed by atoms with Crippen LogP contribution in [0, 0.1) is 0 Å². The minimum Gasteiger partial charge on any atom is -0.354 e. The maximum atomic E-state index is 11.9. The van der Waals surface area contributed by atoms with E-state index in [0.717, 1.165) is 18.1 Å². The quantitative estimate of drug-likeness (QED) is 0.868. The summed E-state index contributed by atoms with van der Waals surface area (Å²) < 4.78 is 0. The second kappa shape index (κ2) is 6.81. The number of thioether (sulfide) groups is 1. The predicted octanol–water partition coefficient (Wildman–Crippen LogP) is 1.61. The van der Waals surface area contributed by atoms with Crippen LogP contribution in [0.3, 0.4) is 0 Å². The first-order valence-electron chi connectivity index (χ1n) is 6.41. The molecule has 0 radical (unpaired) electrons. The first-order chi connectivity index (χ1) is 8.77. The van der Waals surface area contributed by atoms with Gasteiger partial charge in [-0.3, -0.25) is 4.79 Å². The number of carbonyl (C=O) groups is 1. The molecule has 1 aliphatic heterocycles. The Labute approximate surface area is 113 Å². The average molecular weight is 264 g/mol. The van der Waals surface area contributed by atoms with Gasteiger partial charge in [-0.25, -0.2) is 0 Å².